The van der Waals surface area contributed by atoms with Gasteiger partial charge in [-0.15, -0.1) is 0 Å². The summed E-state index contributed by atoms with van der Waals surface area (Å²) in [4.78, 5) is 19.6. The van der Waals surface area contributed by atoms with Crippen molar-refractivity contribution in [2.45, 2.75) is 57.4 Å². The van der Waals surface area contributed by atoms with Crippen molar-refractivity contribution < 1.29 is 9.90 Å². The molecule has 3 rings (SSSR count). The summed E-state index contributed by atoms with van der Waals surface area (Å²) >= 11 is 0. The Morgan fingerprint density at radius 1 is 0.958 bits per heavy atom. The molecule has 0 aliphatic carbocycles. The van der Waals surface area contributed by atoms with Crippen LogP contribution < -0.4 is 0 Å². The van der Waals surface area contributed by atoms with Crippen LogP contribution in [-0.2, 0) is 4.79 Å². The SMILES string of the molecule is O=C(CCCN1CCCC1)N1CCC(N2CCC[C@H](CO)C2)CC1. The third-order valence-corrected chi connectivity index (χ3v) is 6.21. The zero-order chi connectivity index (χ0) is 16.8. The molecule has 3 aliphatic heterocycles. The van der Waals surface area contributed by atoms with Gasteiger partial charge in [-0.3, -0.25) is 9.69 Å². The maximum Gasteiger partial charge on any atom is 0.222 e. The van der Waals surface area contributed by atoms with Crippen LogP contribution in [0, 0.1) is 5.92 Å². The van der Waals surface area contributed by atoms with Crippen LogP contribution in [0.1, 0.15) is 51.4 Å². The van der Waals surface area contributed by atoms with Gasteiger partial charge in [-0.2, -0.15) is 0 Å². The highest BCUT2D eigenvalue weighted by atomic mass is 16.3. The molecule has 138 valence electrons. The van der Waals surface area contributed by atoms with Gasteiger partial charge >= 0.3 is 0 Å². The molecule has 24 heavy (non-hydrogen) atoms. The zero-order valence-electron chi connectivity index (χ0n) is 15.2. The Hall–Kier alpha value is -0.650. The van der Waals surface area contributed by atoms with Gasteiger partial charge in [0.1, 0.15) is 0 Å². The molecule has 0 spiro atoms. The molecule has 5 heteroatoms. The number of likely N-dealkylation sites (tertiary alicyclic amines) is 3. The lowest BCUT2D eigenvalue weighted by atomic mass is 9.94. The summed E-state index contributed by atoms with van der Waals surface area (Å²) in [5, 5.41) is 9.40. The Balaban J connectivity index is 1.34. The summed E-state index contributed by atoms with van der Waals surface area (Å²) in [5.41, 5.74) is 0. The van der Waals surface area contributed by atoms with E-state index in [0.29, 0.717) is 24.5 Å². The lowest BCUT2D eigenvalue weighted by Crippen LogP contribution is -2.50. The molecule has 1 amide bonds. The van der Waals surface area contributed by atoms with E-state index < -0.39 is 0 Å². The maximum atomic E-state index is 12.4. The second-order valence-electron chi connectivity index (χ2n) is 7.95. The van der Waals surface area contributed by atoms with E-state index in [1.807, 2.05) is 0 Å². The molecule has 1 N–H and O–H groups in total. The summed E-state index contributed by atoms with van der Waals surface area (Å²) in [7, 11) is 0. The van der Waals surface area contributed by atoms with E-state index in [1.54, 1.807) is 0 Å². The van der Waals surface area contributed by atoms with Crippen molar-refractivity contribution in [2.24, 2.45) is 5.92 Å². The van der Waals surface area contributed by atoms with Crippen molar-refractivity contribution in [3.05, 3.63) is 0 Å². The van der Waals surface area contributed by atoms with Crippen molar-refractivity contribution in [3.63, 3.8) is 0 Å². The molecule has 0 radical (unpaired) electrons. The molecule has 0 unspecified atom stereocenters. The second-order valence-corrected chi connectivity index (χ2v) is 7.95. The fraction of sp³-hybridized carbons (Fsp3) is 0.947. The number of hydrogen-bond acceptors (Lipinski definition) is 4. The number of piperidine rings is 2. The van der Waals surface area contributed by atoms with Gasteiger partial charge in [0.05, 0.1) is 0 Å². The van der Waals surface area contributed by atoms with Crippen LogP contribution in [0.3, 0.4) is 0 Å². The largest absolute Gasteiger partial charge is 0.396 e. The van der Waals surface area contributed by atoms with Gasteiger partial charge in [0, 0.05) is 38.7 Å². The number of rotatable bonds is 6. The summed E-state index contributed by atoms with van der Waals surface area (Å²) in [6, 6.07) is 0.619. The van der Waals surface area contributed by atoms with Crippen LogP contribution in [0.25, 0.3) is 0 Å². The number of aliphatic hydroxyl groups excluding tert-OH is 1. The number of aliphatic hydroxyl groups is 1. The molecule has 0 aromatic carbocycles. The number of hydrogen-bond donors (Lipinski definition) is 1. The highest BCUT2D eigenvalue weighted by molar-refractivity contribution is 5.76. The summed E-state index contributed by atoms with van der Waals surface area (Å²) in [5.74, 6) is 0.823. The van der Waals surface area contributed by atoms with Crippen molar-refractivity contribution in [3.8, 4) is 0 Å². The number of amides is 1. The molecule has 3 heterocycles. The third-order valence-electron chi connectivity index (χ3n) is 6.21. The molecule has 0 saturated carbocycles. The molecule has 5 nitrogen and oxygen atoms in total. The van der Waals surface area contributed by atoms with E-state index in [1.165, 1.54) is 45.3 Å². The molecule has 3 aliphatic rings. The fourth-order valence-corrected chi connectivity index (χ4v) is 4.68. The topological polar surface area (TPSA) is 47.0 Å². The van der Waals surface area contributed by atoms with Crippen LogP contribution in [0.15, 0.2) is 0 Å². The monoisotopic (exact) mass is 337 g/mol. The first-order chi connectivity index (χ1) is 11.8. The van der Waals surface area contributed by atoms with Crippen LogP contribution in [0.2, 0.25) is 0 Å². The molecule has 1 atom stereocenters. The van der Waals surface area contributed by atoms with Crippen LogP contribution in [0.5, 0.6) is 0 Å². The third kappa shape index (κ3) is 4.93. The van der Waals surface area contributed by atoms with Gasteiger partial charge in [0.25, 0.3) is 0 Å². The highest BCUT2D eigenvalue weighted by Gasteiger charge is 2.29. The summed E-state index contributed by atoms with van der Waals surface area (Å²) in [6.45, 7) is 7.94. The lowest BCUT2D eigenvalue weighted by molar-refractivity contribution is -0.133. The summed E-state index contributed by atoms with van der Waals surface area (Å²) in [6.07, 6.45) is 8.99. The van der Waals surface area contributed by atoms with E-state index >= 15 is 0 Å². The maximum absolute atomic E-state index is 12.4. The van der Waals surface area contributed by atoms with Crippen LogP contribution >= 0.6 is 0 Å². The standard InChI is InChI=1S/C19H35N3O2/c23-16-17-5-3-12-22(15-17)18-7-13-21(14-8-18)19(24)6-4-11-20-9-1-2-10-20/h17-18,23H,1-16H2/t17-/m0/s1. The minimum Gasteiger partial charge on any atom is -0.396 e. The Morgan fingerprint density at radius 3 is 2.42 bits per heavy atom. The van der Waals surface area contributed by atoms with Gasteiger partial charge in [0.15, 0.2) is 0 Å². The molecular weight excluding hydrogens is 302 g/mol. The van der Waals surface area contributed by atoms with Crippen LogP contribution in [0.4, 0.5) is 0 Å². The Kier molecular flexibility index (Phi) is 6.93. The van der Waals surface area contributed by atoms with Gasteiger partial charge < -0.3 is 14.9 Å². The first kappa shape index (κ1) is 18.2. The van der Waals surface area contributed by atoms with E-state index in [-0.39, 0.29) is 0 Å². The molecular formula is C19H35N3O2. The van der Waals surface area contributed by atoms with Crippen molar-refractivity contribution >= 4 is 5.91 Å². The second kappa shape index (κ2) is 9.16. The average molecular weight is 338 g/mol. The highest BCUT2D eigenvalue weighted by Crippen LogP contribution is 2.24. The van der Waals surface area contributed by atoms with E-state index in [2.05, 4.69) is 14.7 Å². The minimum absolute atomic E-state index is 0.324. The van der Waals surface area contributed by atoms with E-state index in [4.69, 9.17) is 0 Å². The fourth-order valence-electron chi connectivity index (χ4n) is 4.68. The predicted molar refractivity (Wildman–Crippen MR) is 95.9 cm³/mol. The van der Waals surface area contributed by atoms with E-state index in [0.717, 1.165) is 51.9 Å². The number of nitrogens with zero attached hydrogens (tertiary/aromatic N) is 3. The normalized spacial score (nSPS) is 27.7. The van der Waals surface area contributed by atoms with Crippen molar-refractivity contribution in [1.29, 1.82) is 0 Å². The number of carbonyl (C=O) groups excluding carboxylic acids is 1. The van der Waals surface area contributed by atoms with Crippen molar-refractivity contribution in [1.82, 2.24) is 14.7 Å². The van der Waals surface area contributed by atoms with E-state index in [9.17, 15) is 9.90 Å². The average Bonchev–Trinajstić information content (AvgIpc) is 3.15. The van der Waals surface area contributed by atoms with Gasteiger partial charge in [0.2, 0.25) is 5.91 Å². The Bertz CT molecular complexity index is 390. The molecule has 0 aromatic heterocycles. The smallest absolute Gasteiger partial charge is 0.222 e. The Morgan fingerprint density at radius 2 is 1.71 bits per heavy atom. The van der Waals surface area contributed by atoms with Gasteiger partial charge in [-0.25, -0.2) is 0 Å². The quantitative estimate of drug-likeness (QED) is 0.799. The molecule has 0 bridgehead atoms. The van der Waals surface area contributed by atoms with Gasteiger partial charge in [-0.05, 0) is 77.0 Å². The molecule has 3 saturated heterocycles. The summed E-state index contributed by atoms with van der Waals surface area (Å²) < 4.78 is 0. The number of carbonyl (C=O) groups is 1. The van der Waals surface area contributed by atoms with Gasteiger partial charge in [-0.1, -0.05) is 0 Å². The molecule has 3 fully saturated rings. The molecule has 0 aromatic rings. The first-order valence-corrected chi connectivity index (χ1v) is 10.1. The Labute approximate surface area is 147 Å². The van der Waals surface area contributed by atoms with Crippen LogP contribution in [-0.4, -0.2) is 84.2 Å². The zero-order valence-corrected chi connectivity index (χ0v) is 15.2. The minimum atomic E-state index is 0.324. The lowest BCUT2D eigenvalue weighted by Gasteiger charge is -2.42. The predicted octanol–water partition coefficient (Wildman–Crippen LogP) is 1.56. The van der Waals surface area contributed by atoms with Crippen molar-refractivity contribution in [2.75, 3.05) is 52.4 Å². The first-order valence-electron chi connectivity index (χ1n) is 10.1.